The molecule has 0 heterocycles. The molecule has 0 unspecified atom stereocenters. The van der Waals surface area contributed by atoms with Gasteiger partial charge >= 0.3 is 11.9 Å². The summed E-state index contributed by atoms with van der Waals surface area (Å²) in [5.74, 6) is -3.54. The first kappa shape index (κ1) is 13.0. The second-order valence-electron chi connectivity index (χ2n) is 1.57. The Labute approximate surface area is 71.9 Å². The molecule has 0 aromatic carbocycles. The van der Waals surface area contributed by atoms with Gasteiger partial charge in [0.1, 0.15) is 0 Å². The molecule has 0 aromatic heterocycles. The molecule has 0 aromatic rings. The van der Waals surface area contributed by atoms with Crippen LogP contribution in [0.15, 0.2) is 0 Å². The molecule has 0 aliphatic carbocycles. The van der Waals surface area contributed by atoms with Crippen molar-refractivity contribution in [3.8, 4) is 0 Å². The Bertz CT molecular complexity index is 139. The molecule has 0 aliphatic rings. The molecular formula is C4H6CuO6. The van der Waals surface area contributed by atoms with Crippen LogP contribution in [0.5, 0.6) is 0 Å². The molecule has 6 nitrogen and oxygen atoms in total. The van der Waals surface area contributed by atoms with E-state index in [1.165, 1.54) is 0 Å². The average molecular weight is 214 g/mol. The van der Waals surface area contributed by atoms with Gasteiger partial charge in [0, 0.05) is 17.1 Å². The van der Waals surface area contributed by atoms with Crippen molar-refractivity contribution in [3.05, 3.63) is 0 Å². The molecule has 0 fully saturated rings. The van der Waals surface area contributed by atoms with Crippen molar-refractivity contribution in [2.24, 2.45) is 0 Å². The van der Waals surface area contributed by atoms with Crippen molar-refractivity contribution >= 4 is 11.9 Å². The van der Waals surface area contributed by atoms with E-state index in [2.05, 4.69) is 0 Å². The molecule has 0 spiro atoms. The van der Waals surface area contributed by atoms with E-state index >= 15 is 0 Å². The number of aliphatic hydroxyl groups is 2. The molecule has 7 heteroatoms. The van der Waals surface area contributed by atoms with E-state index in [9.17, 15) is 9.59 Å². The van der Waals surface area contributed by atoms with Crippen LogP contribution >= 0.6 is 0 Å². The van der Waals surface area contributed by atoms with Gasteiger partial charge in [-0.1, -0.05) is 0 Å². The van der Waals surface area contributed by atoms with Crippen LogP contribution in [-0.4, -0.2) is 44.6 Å². The zero-order chi connectivity index (χ0) is 8.31. The fraction of sp³-hybridized carbons (Fsp3) is 0.500. The SMILES string of the molecule is O=C(O)[C@@H](O)[C@@H](O)C(=O)O.[Cu]. The van der Waals surface area contributed by atoms with Crippen LogP contribution in [0.2, 0.25) is 0 Å². The van der Waals surface area contributed by atoms with Crippen molar-refractivity contribution < 1.29 is 47.1 Å². The monoisotopic (exact) mass is 213 g/mol. The summed E-state index contributed by atoms with van der Waals surface area (Å²) in [4.78, 5) is 19.5. The predicted molar refractivity (Wildman–Crippen MR) is 27.3 cm³/mol. The standard InChI is InChI=1S/C4H6O6.Cu/c5-1(3(7)8)2(6)4(9)10;/h1-2,5-6H,(H,7,8)(H,9,10);/t1-,2+;. The van der Waals surface area contributed by atoms with E-state index in [-0.39, 0.29) is 17.1 Å². The molecule has 0 amide bonds. The number of aliphatic hydroxyl groups excluding tert-OH is 2. The predicted octanol–water partition coefficient (Wildman–Crippen LogP) is -2.13. The zero-order valence-corrected chi connectivity index (χ0v) is 6.00. The normalized spacial score (nSPS) is 14.4. The second-order valence-corrected chi connectivity index (χ2v) is 1.57. The number of hydrogen-bond acceptors (Lipinski definition) is 4. The average Bonchev–Trinajstić information content (AvgIpc) is 1.84. The summed E-state index contributed by atoms with van der Waals surface area (Å²) < 4.78 is 0. The Morgan fingerprint density at radius 1 is 0.909 bits per heavy atom. The molecule has 4 N–H and O–H groups in total. The van der Waals surface area contributed by atoms with Crippen molar-refractivity contribution in [1.29, 1.82) is 0 Å². The Hall–Kier alpha value is -0.621. The van der Waals surface area contributed by atoms with Crippen molar-refractivity contribution in [2.75, 3.05) is 0 Å². The van der Waals surface area contributed by atoms with Gasteiger partial charge in [0.05, 0.1) is 0 Å². The molecule has 69 valence electrons. The molecule has 0 rings (SSSR count). The van der Waals surface area contributed by atoms with Crippen molar-refractivity contribution in [1.82, 2.24) is 0 Å². The molecule has 0 bridgehead atoms. The van der Waals surface area contributed by atoms with E-state index < -0.39 is 24.1 Å². The van der Waals surface area contributed by atoms with Gasteiger partial charge in [-0.25, -0.2) is 9.59 Å². The summed E-state index contributed by atoms with van der Waals surface area (Å²) in [5, 5.41) is 32.5. The van der Waals surface area contributed by atoms with Crippen LogP contribution in [-0.2, 0) is 26.7 Å². The Morgan fingerprint density at radius 2 is 1.09 bits per heavy atom. The van der Waals surface area contributed by atoms with Crippen molar-refractivity contribution in [3.63, 3.8) is 0 Å². The third-order valence-electron chi connectivity index (χ3n) is 0.805. The maximum atomic E-state index is 9.77. The Kier molecular flexibility index (Phi) is 6.01. The van der Waals surface area contributed by atoms with E-state index in [0.29, 0.717) is 0 Å². The van der Waals surface area contributed by atoms with Gasteiger partial charge in [-0.2, -0.15) is 0 Å². The minimum atomic E-state index is -2.27. The summed E-state index contributed by atoms with van der Waals surface area (Å²) in [6.07, 6.45) is -4.53. The number of hydrogen-bond donors (Lipinski definition) is 4. The van der Waals surface area contributed by atoms with Gasteiger partial charge in [-0.3, -0.25) is 0 Å². The van der Waals surface area contributed by atoms with Crippen LogP contribution in [0.1, 0.15) is 0 Å². The first-order valence-electron chi connectivity index (χ1n) is 2.28. The first-order chi connectivity index (χ1) is 4.46. The van der Waals surface area contributed by atoms with Crippen molar-refractivity contribution in [2.45, 2.75) is 12.2 Å². The van der Waals surface area contributed by atoms with E-state index in [1.54, 1.807) is 0 Å². The van der Waals surface area contributed by atoms with Gasteiger partial charge in [0.15, 0.2) is 12.2 Å². The van der Waals surface area contributed by atoms with Crippen LogP contribution < -0.4 is 0 Å². The molecule has 1 radical (unpaired) electrons. The quantitative estimate of drug-likeness (QED) is 0.399. The maximum absolute atomic E-state index is 9.77. The van der Waals surface area contributed by atoms with Gasteiger partial charge in [-0.15, -0.1) is 0 Å². The number of carbonyl (C=O) groups is 2. The zero-order valence-electron chi connectivity index (χ0n) is 5.06. The van der Waals surface area contributed by atoms with Gasteiger partial charge in [0.25, 0.3) is 0 Å². The fourth-order valence-corrected chi connectivity index (χ4v) is 0.270. The number of carboxylic acid groups (broad SMARTS) is 2. The molecule has 2 atom stereocenters. The van der Waals surface area contributed by atoms with Gasteiger partial charge < -0.3 is 20.4 Å². The number of rotatable bonds is 3. The Morgan fingerprint density at radius 3 is 1.18 bits per heavy atom. The minimum absolute atomic E-state index is 0. The molecule has 0 saturated carbocycles. The topological polar surface area (TPSA) is 115 Å². The number of aliphatic carboxylic acids is 2. The van der Waals surface area contributed by atoms with E-state index in [4.69, 9.17) is 20.4 Å². The van der Waals surface area contributed by atoms with Crippen LogP contribution in [0.4, 0.5) is 0 Å². The van der Waals surface area contributed by atoms with E-state index in [1.807, 2.05) is 0 Å². The summed E-state index contributed by atoms with van der Waals surface area (Å²) in [6.45, 7) is 0. The molecule has 0 aliphatic heterocycles. The third-order valence-corrected chi connectivity index (χ3v) is 0.805. The molecule has 0 saturated heterocycles. The second kappa shape index (κ2) is 5.09. The summed E-state index contributed by atoms with van der Waals surface area (Å²) >= 11 is 0. The van der Waals surface area contributed by atoms with Crippen LogP contribution in [0.25, 0.3) is 0 Å². The summed E-state index contributed by atoms with van der Waals surface area (Å²) in [7, 11) is 0. The molecular weight excluding hydrogens is 208 g/mol. The van der Waals surface area contributed by atoms with Crippen LogP contribution in [0.3, 0.4) is 0 Å². The smallest absolute Gasteiger partial charge is 0.335 e. The van der Waals surface area contributed by atoms with Crippen LogP contribution in [0, 0.1) is 0 Å². The summed E-state index contributed by atoms with van der Waals surface area (Å²) in [5.41, 5.74) is 0. The Balaban J connectivity index is 0. The summed E-state index contributed by atoms with van der Waals surface area (Å²) in [6, 6.07) is 0. The molecule has 11 heavy (non-hydrogen) atoms. The maximum Gasteiger partial charge on any atom is 0.335 e. The van der Waals surface area contributed by atoms with Gasteiger partial charge in [-0.05, 0) is 0 Å². The third kappa shape index (κ3) is 3.94. The number of carboxylic acids is 2. The largest absolute Gasteiger partial charge is 0.479 e. The fourth-order valence-electron chi connectivity index (χ4n) is 0.270. The van der Waals surface area contributed by atoms with E-state index in [0.717, 1.165) is 0 Å². The van der Waals surface area contributed by atoms with Gasteiger partial charge in [0.2, 0.25) is 0 Å². The minimum Gasteiger partial charge on any atom is -0.479 e. The first-order valence-corrected chi connectivity index (χ1v) is 2.28.